The van der Waals surface area contributed by atoms with Crippen LogP contribution in [0.15, 0.2) is 66.9 Å². The van der Waals surface area contributed by atoms with Gasteiger partial charge in [0.15, 0.2) is 13.3 Å². The average Bonchev–Trinajstić information content (AvgIpc) is 3.01. The first-order chi connectivity index (χ1) is 21.8. The number of nitrogens with one attached hydrogen (secondary N) is 2. The van der Waals surface area contributed by atoms with Crippen LogP contribution in [0.2, 0.25) is 0 Å². The molecule has 0 aliphatic heterocycles. The zero-order valence-electron chi connectivity index (χ0n) is 27.8. The van der Waals surface area contributed by atoms with E-state index in [2.05, 4.69) is 15.6 Å². The number of para-hydroxylation sites is 1. The second-order valence-electron chi connectivity index (χ2n) is 13.2. The van der Waals surface area contributed by atoms with E-state index < -0.39 is 18.0 Å². The molecule has 3 rings (SSSR count). The van der Waals surface area contributed by atoms with Crippen LogP contribution in [0.1, 0.15) is 24.8 Å². The van der Waals surface area contributed by atoms with Crippen molar-refractivity contribution >= 4 is 34.3 Å². The van der Waals surface area contributed by atoms with Crippen molar-refractivity contribution in [2.24, 2.45) is 17.2 Å². The Bertz CT molecular complexity index is 1410. The second kappa shape index (κ2) is 17.1. The molecule has 3 aromatic rings. The Hall–Kier alpha value is -3.94. The number of benzene rings is 2. The van der Waals surface area contributed by atoms with Gasteiger partial charge in [0, 0.05) is 24.9 Å². The summed E-state index contributed by atoms with van der Waals surface area (Å²) in [6, 6.07) is 17.4. The number of carbonyl (C=O) groups is 3. The molecule has 0 radical (unpaired) electrons. The number of hydrogen-bond acceptors (Lipinski definition) is 7. The first-order valence-electron chi connectivity index (χ1n) is 15.9. The first-order valence-corrected chi connectivity index (χ1v) is 15.9. The predicted octanol–water partition coefficient (Wildman–Crippen LogP) is 1.21. The van der Waals surface area contributed by atoms with Crippen molar-refractivity contribution in [3.8, 4) is 0 Å². The molecule has 0 saturated heterocycles. The van der Waals surface area contributed by atoms with Crippen molar-refractivity contribution in [3.63, 3.8) is 0 Å². The van der Waals surface area contributed by atoms with Gasteiger partial charge in [-0.1, -0.05) is 48.5 Å². The largest absolute Gasteiger partial charge is 0.343 e. The molecular formula is C34H53N9O3+2. The van der Waals surface area contributed by atoms with E-state index in [9.17, 15) is 14.4 Å². The lowest BCUT2D eigenvalue weighted by Crippen LogP contribution is -2.58. The summed E-state index contributed by atoms with van der Waals surface area (Å²) in [6.07, 6.45) is 2.76. The summed E-state index contributed by atoms with van der Waals surface area (Å²) in [6.45, 7) is 3.34. The van der Waals surface area contributed by atoms with Crippen molar-refractivity contribution in [3.05, 3.63) is 72.4 Å². The Balaban J connectivity index is 1.68. The molecule has 1 aromatic heterocycles. The Labute approximate surface area is 273 Å². The molecule has 8 N–H and O–H groups in total. The molecule has 2 atom stereocenters. The number of quaternary nitrogens is 2. The van der Waals surface area contributed by atoms with Crippen molar-refractivity contribution in [2.45, 2.75) is 37.8 Å². The highest BCUT2D eigenvalue weighted by Gasteiger charge is 2.30. The molecule has 1 heterocycles. The van der Waals surface area contributed by atoms with Crippen LogP contribution in [0.5, 0.6) is 0 Å². The molecule has 2 aromatic carbocycles. The number of amides is 3. The lowest BCUT2D eigenvalue weighted by atomic mass is 10.0. The quantitative estimate of drug-likeness (QED) is 0.103. The van der Waals surface area contributed by atoms with Gasteiger partial charge in [-0.05, 0) is 37.0 Å². The van der Waals surface area contributed by atoms with E-state index in [4.69, 9.17) is 17.2 Å². The number of hydrogen-bond donors (Lipinski definition) is 5. The molecule has 46 heavy (non-hydrogen) atoms. The molecule has 3 amide bonds. The summed E-state index contributed by atoms with van der Waals surface area (Å²) in [5.74, 6) is -0.949. The molecule has 12 nitrogen and oxygen atoms in total. The van der Waals surface area contributed by atoms with E-state index in [0.29, 0.717) is 67.0 Å². The highest BCUT2D eigenvalue weighted by Crippen LogP contribution is 2.17. The summed E-state index contributed by atoms with van der Waals surface area (Å²) in [5, 5.41) is 6.65. The third-order valence-corrected chi connectivity index (χ3v) is 7.99. The number of fused-ring (bicyclic) bond motifs is 1. The standard InChI is InChI=1S/C34H51N9O3/c1-42(2,20-18-35)24-41(25-43(3,4)21-19-36)32(44)17-15-29(37)33(45)40-31(16-14-26-10-6-5-7-11-26)34(46)39-28-22-27-12-8-9-13-30(27)38-23-28/h5-13,22-23,29,31H,14-21,24-25,35-37H2,1-4H3/p+2/t29-,31-/m0/s1. The second-order valence-corrected chi connectivity index (χ2v) is 13.2. The monoisotopic (exact) mass is 635 g/mol. The van der Waals surface area contributed by atoms with E-state index in [1.54, 1.807) is 6.20 Å². The lowest BCUT2D eigenvalue weighted by Gasteiger charge is -2.39. The van der Waals surface area contributed by atoms with Gasteiger partial charge < -0.3 is 36.8 Å². The number of nitrogens with two attached hydrogens (primary N) is 3. The van der Waals surface area contributed by atoms with Crippen LogP contribution in [-0.4, -0.2) is 116 Å². The van der Waals surface area contributed by atoms with Gasteiger partial charge in [-0.15, -0.1) is 0 Å². The topological polar surface area (TPSA) is 169 Å². The van der Waals surface area contributed by atoms with E-state index in [1.807, 2.05) is 93.8 Å². The molecule has 0 bridgehead atoms. The van der Waals surface area contributed by atoms with Crippen LogP contribution in [0.4, 0.5) is 5.69 Å². The fraction of sp³-hybridized carbons (Fsp3) is 0.471. The minimum absolute atomic E-state index is 0.0868. The van der Waals surface area contributed by atoms with Crippen molar-refractivity contribution in [1.29, 1.82) is 0 Å². The minimum Gasteiger partial charge on any atom is -0.343 e. The van der Waals surface area contributed by atoms with Crippen LogP contribution >= 0.6 is 0 Å². The first kappa shape index (κ1) is 36.5. The van der Waals surface area contributed by atoms with E-state index in [-0.39, 0.29) is 24.7 Å². The van der Waals surface area contributed by atoms with E-state index in [1.165, 1.54) is 0 Å². The number of carbonyl (C=O) groups excluding carboxylic acids is 3. The summed E-state index contributed by atoms with van der Waals surface area (Å²) in [7, 11) is 8.13. The number of aromatic nitrogens is 1. The molecular weight excluding hydrogens is 582 g/mol. The normalized spacial score (nSPS) is 13.2. The van der Waals surface area contributed by atoms with Crippen LogP contribution in [0.3, 0.4) is 0 Å². The number of nitrogens with zero attached hydrogens (tertiary/aromatic N) is 4. The van der Waals surface area contributed by atoms with Gasteiger partial charge in [-0.2, -0.15) is 0 Å². The maximum absolute atomic E-state index is 13.5. The minimum atomic E-state index is -0.974. The molecule has 250 valence electrons. The third kappa shape index (κ3) is 11.8. The molecule has 12 heteroatoms. The molecule has 0 aliphatic carbocycles. The SMILES string of the molecule is C[N+](C)(CCN)CN(C[N+](C)(C)CCN)C(=O)CC[C@H](N)C(=O)N[C@@H](CCc1ccccc1)C(=O)Nc1cnc2ccccc2c1. The van der Waals surface area contributed by atoms with Gasteiger partial charge in [0.1, 0.15) is 6.04 Å². The fourth-order valence-corrected chi connectivity index (χ4v) is 5.41. The number of aryl methyl sites for hydroxylation is 1. The zero-order chi connectivity index (χ0) is 33.7. The molecule has 0 saturated carbocycles. The van der Waals surface area contributed by atoms with Gasteiger partial charge in [0.2, 0.25) is 17.7 Å². The number of pyridine rings is 1. The lowest BCUT2D eigenvalue weighted by molar-refractivity contribution is -0.924. The van der Waals surface area contributed by atoms with Crippen LogP contribution < -0.4 is 27.8 Å². The smallest absolute Gasteiger partial charge is 0.247 e. The molecule has 0 fully saturated rings. The summed E-state index contributed by atoms with van der Waals surface area (Å²) >= 11 is 0. The van der Waals surface area contributed by atoms with Crippen LogP contribution in [0, 0.1) is 0 Å². The molecule has 0 spiro atoms. The number of rotatable bonds is 18. The summed E-state index contributed by atoms with van der Waals surface area (Å²) < 4.78 is 1.09. The maximum atomic E-state index is 13.5. The average molecular weight is 636 g/mol. The number of likely N-dealkylation sites (N-methyl/N-ethyl adjacent to an activating group) is 2. The predicted molar refractivity (Wildman–Crippen MR) is 183 cm³/mol. The van der Waals surface area contributed by atoms with Crippen molar-refractivity contribution in [1.82, 2.24) is 15.2 Å². The van der Waals surface area contributed by atoms with Crippen molar-refractivity contribution < 1.29 is 23.3 Å². The van der Waals surface area contributed by atoms with Gasteiger partial charge >= 0.3 is 0 Å². The van der Waals surface area contributed by atoms with E-state index in [0.717, 1.165) is 16.5 Å². The fourth-order valence-electron chi connectivity index (χ4n) is 5.41. The molecule has 0 unspecified atom stereocenters. The van der Waals surface area contributed by atoms with Gasteiger partial charge in [-0.25, -0.2) is 4.90 Å². The Morgan fingerprint density at radius 1 is 0.848 bits per heavy atom. The van der Waals surface area contributed by atoms with Gasteiger partial charge in [-0.3, -0.25) is 19.4 Å². The van der Waals surface area contributed by atoms with Crippen LogP contribution in [0.25, 0.3) is 10.9 Å². The summed E-state index contributed by atoms with van der Waals surface area (Å²) in [4.78, 5) is 46.5. The zero-order valence-corrected chi connectivity index (χ0v) is 27.8. The van der Waals surface area contributed by atoms with E-state index >= 15 is 0 Å². The van der Waals surface area contributed by atoms with Crippen molar-refractivity contribution in [2.75, 3.05) is 73.0 Å². The summed E-state index contributed by atoms with van der Waals surface area (Å²) in [5.41, 5.74) is 20.4. The Morgan fingerprint density at radius 3 is 2.09 bits per heavy atom. The Kier molecular flexibility index (Phi) is 13.6. The Morgan fingerprint density at radius 2 is 1.46 bits per heavy atom. The highest BCUT2D eigenvalue weighted by molar-refractivity contribution is 5.99. The number of anilines is 1. The maximum Gasteiger partial charge on any atom is 0.247 e. The highest BCUT2D eigenvalue weighted by atomic mass is 16.2. The van der Waals surface area contributed by atoms with Gasteiger partial charge in [0.05, 0.1) is 64.7 Å². The van der Waals surface area contributed by atoms with Crippen LogP contribution in [-0.2, 0) is 20.8 Å². The molecule has 0 aliphatic rings. The van der Waals surface area contributed by atoms with Gasteiger partial charge in [0.25, 0.3) is 0 Å². The third-order valence-electron chi connectivity index (χ3n) is 7.99.